The summed E-state index contributed by atoms with van der Waals surface area (Å²) in [6, 6.07) is 9.35. The Morgan fingerprint density at radius 3 is 2.47 bits per heavy atom. The molecule has 2 N–H and O–H groups in total. The van der Waals surface area contributed by atoms with Gasteiger partial charge in [-0.25, -0.2) is 4.79 Å². The van der Waals surface area contributed by atoms with Crippen LogP contribution in [0.3, 0.4) is 0 Å². The highest BCUT2D eigenvalue weighted by Crippen LogP contribution is 2.25. The Balaban J connectivity index is 2.95. The van der Waals surface area contributed by atoms with E-state index in [0.29, 0.717) is 0 Å². The molecule has 1 rings (SSSR count). The lowest BCUT2D eigenvalue weighted by Crippen LogP contribution is -2.35. The number of methoxy groups -OCH3 is 1. The summed E-state index contributed by atoms with van der Waals surface area (Å²) >= 11 is 0. The van der Waals surface area contributed by atoms with Crippen LogP contribution in [0.5, 0.6) is 0 Å². The number of amides is 1. The monoisotopic (exact) mass is 209 g/mol. The van der Waals surface area contributed by atoms with Crippen molar-refractivity contribution in [3.05, 3.63) is 35.9 Å². The number of hydrogen-bond acceptors (Lipinski definition) is 3. The molecule has 0 fully saturated rings. The maximum atomic E-state index is 10.8. The molecular weight excluding hydrogens is 194 g/mol. The number of rotatable bonds is 4. The van der Waals surface area contributed by atoms with E-state index < -0.39 is 11.7 Å². The minimum atomic E-state index is -0.832. The fourth-order valence-corrected chi connectivity index (χ4v) is 1.46. The third-order valence-electron chi connectivity index (χ3n) is 2.13. The molecule has 0 aliphatic rings. The van der Waals surface area contributed by atoms with Crippen LogP contribution in [-0.2, 0) is 15.1 Å². The van der Waals surface area contributed by atoms with Gasteiger partial charge >= 0.3 is 6.09 Å². The van der Waals surface area contributed by atoms with Crippen molar-refractivity contribution >= 4 is 6.09 Å². The van der Waals surface area contributed by atoms with Gasteiger partial charge in [0.15, 0.2) is 5.60 Å². The molecule has 0 aliphatic carbocycles. The number of carbonyl (C=O) groups is 1. The van der Waals surface area contributed by atoms with Gasteiger partial charge in [0.05, 0.1) is 6.61 Å². The van der Waals surface area contributed by atoms with Crippen molar-refractivity contribution in [1.29, 1.82) is 0 Å². The summed E-state index contributed by atoms with van der Waals surface area (Å²) in [5.41, 5.74) is 5.05. The predicted molar refractivity (Wildman–Crippen MR) is 56.3 cm³/mol. The van der Waals surface area contributed by atoms with E-state index in [0.717, 1.165) is 5.56 Å². The molecule has 4 heteroatoms. The van der Waals surface area contributed by atoms with Gasteiger partial charge < -0.3 is 15.2 Å². The summed E-state index contributed by atoms with van der Waals surface area (Å²) in [7, 11) is 1.55. The SMILES string of the molecule is COCC(C)(OC(N)=O)c1ccccc1. The average Bonchev–Trinajstić information content (AvgIpc) is 2.18. The Morgan fingerprint density at radius 2 is 2.00 bits per heavy atom. The molecule has 1 aromatic carbocycles. The molecule has 15 heavy (non-hydrogen) atoms. The maximum Gasteiger partial charge on any atom is 0.405 e. The molecule has 1 aromatic rings. The summed E-state index contributed by atoms with van der Waals surface area (Å²) in [5, 5.41) is 0. The minimum absolute atomic E-state index is 0.264. The molecule has 0 saturated heterocycles. The molecule has 0 aromatic heterocycles. The van der Waals surface area contributed by atoms with Crippen LogP contribution in [-0.4, -0.2) is 19.8 Å². The summed E-state index contributed by atoms with van der Waals surface area (Å²) in [6.45, 7) is 2.02. The van der Waals surface area contributed by atoms with Crippen molar-refractivity contribution in [2.24, 2.45) is 5.73 Å². The van der Waals surface area contributed by atoms with Crippen LogP contribution in [0.2, 0.25) is 0 Å². The molecule has 4 nitrogen and oxygen atoms in total. The van der Waals surface area contributed by atoms with E-state index in [1.807, 2.05) is 30.3 Å². The quantitative estimate of drug-likeness (QED) is 0.820. The van der Waals surface area contributed by atoms with Crippen LogP contribution in [0.4, 0.5) is 4.79 Å². The molecule has 0 bridgehead atoms. The zero-order valence-electron chi connectivity index (χ0n) is 8.90. The van der Waals surface area contributed by atoms with Gasteiger partial charge in [-0.1, -0.05) is 30.3 Å². The second kappa shape index (κ2) is 4.79. The van der Waals surface area contributed by atoms with Gasteiger partial charge in [0.25, 0.3) is 0 Å². The first-order chi connectivity index (χ1) is 7.08. The summed E-state index contributed by atoms with van der Waals surface area (Å²) < 4.78 is 10.1. The number of ether oxygens (including phenoxy) is 2. The van der Waals surface area contributed by atoms with Crippen molar-refractivity contribution in [1.82, 2.24) is 0 Å². The molecule has 0 radical (unpaired) electrons. The topological polar surface area (TPSA) is 61.6 Å². The van der Waals surface area contributed by atoms with Gasteiger partial charge in [-0.2, -0.15) is 0 Å². The van der Waals surface area contributed by atoms with Gasteiger partial charge in [-0.15, -0.1) is 0 Å². The second-order valence-electron chi connectivity index (χ2n) is 3.45. The van der Waals surface area contributed by atoms with E-state index in [1.54, 1.807) is 14.0 Å². The third-order valence-corrected chi connectivity index (χ3v) is 2.13. The van der Waals surface area contributed by atoms with Gasteiger partial charge in [-0.05, 0) is 12.5 Å². The van der Waals surface area contributed by atoms with E-state index in [9.17, 15) is 4.79 Å². The predicted octanol–water partition coefficient (Wildman–Crippen LogP) is 1.64. The average molecular weight is 209 g/mol. The number of primary amides is 1. The minimum Gasteiger partial charge on any atom is -0.436 e. The van der Waals surface area contributed by atoms with Crippen molar-refractivity contribution in [3.63, 3.8) is 0 Å². The van der Waals surface area contributed by atoms with Crippen LogP contribution in [0.15, 0.2) is 30.3 Å². The zero-order valence-corrected chi connectivity index (χ0v) is 8.90. The van der Waals surface area contributed by atoms with Crippen LogP contribution in [0, 0.1) is 0 Å². The Bertz CT molecular complexity index is 326. The Labute approximate surface area is 89.0 Å². The first-order valence-electron chi connectivity index (χ1n) is 4.61. The maximum absolute atomic E-state index is 10.8. The van der Waals surface area contributed by atoms with Crippen LogP contribution in [0.25, 0.3) is 0 Å². The molecule has 1 unspecified atom stereocenters. The number of nitrogens with two attached hydrogens (primary N) is 1. The first-order valence-corrected chi connectivity index (χ1v) is 4.61. The first kappa shape index (κ1) is 11.5. The molecule has 0 saturated carbocycles. The molecular formula is C11H15NO3. The van der Waals surface area contributed by atoms with Crippen LogP contribution < -0.4 is 5.73 Å². The van der Waals surface area contributed by atoms with Crippen molar-refractivity contribution in [3.8, 4) is 0 Å². The Kier molecular flexibility index (Phi) is 3.68. The van der Waals surface area contributed by atoms with Crippen molar-refractivity contribution < 1.29 is 14.3 Å². The van der Waals surface area contributed by atoms with Crippen molar-refractivity contribution in [2.45, 2.75) is 12.5 Å². The van der Waals surface area contributed by atoms with E-state index in [4.69, 9.17) is 15.2 Å². The van der Waals surface area contributed by atoms with Gasteiger partial charge in [0.2, 0.25) is 0 Å². The molecule has 0 aliphatic heterocycles. The van der Waals surface area contributed by atoms with E-state index in [1.165, 1.54) is 0 Å². The highest BCUT2D eigenvalue weighted by Gasteiger charge is 2.30. The van der Waals surface area contributed by atoms with Gasteiger partial charge in [0.1, 0.15) is 0 Å². The summed E-state index contributed by atoms with van der Waals surface area (Å²) in [5.74, 6) is 0. The number of carbonyl (C=O) groups excluding carboxylic acids is 1. The van der Waals surface area contributed by atoms with Crippen LogP contribution in [0.1, 0.15) is 12.5 Å². The summed E-state index contributed by atoms with van der Waals surface area (Å²) in [6.07, 6.45) is -0.807. The molecule has 0 heterocycles. The number of hydrogen-bond donors (Lipinski definition) is 1. The lowest BCUT2D eigenvalue weighted by Gasteiger charge is -2.28. The van der Waals surface area contributed by atoms with Gasteiger partial charge in [0, 0.05) is 7.11 Å². The highest BCUT2D eigenvalue weighted by molar-refractivity contribution is 5.65. The lowest BCUT2D eigenvalue weighted by atomic mass is 9.97. The standard InChI is InChI=1S/C11H15NO3/c1-11(8-14-2,15-10(12)13)9-6-4-3-5-7-9/h3-7H,8H2,1-2H3,(H2,12,13). The Morgan fingerprint density at radius 1 is 1.40 bits per heavy atom. The lowest BCUT2D eigenvalue weighted by molar-refractivity contribution is -0.0314. The zero-order chi connectivity index (χ0) is 11.3. The number of benzene rings is 1. The third kappa shape index (κ3) is 2.95. The second-order valence-corrected chi connectivity index (χ2v) is 3.45. The van der Waals surface area contributed by atoms with Crippen molar-refractivity contribution in [2.75, 3.05) is 13.7 Å². The fourth-order valence-electron chi connectivity index (χ4n) is 1.46. The molecule has 1 amide bonds. The molecule has 0 spiro atoms. The highest BCUT2D eigenvalue weighted by atomic mass is 16.6. The van der Waals surface area contributed by atoms with Crippen LogP contribution >= 0.6 is 0 Å². The Hall–Kier alpha value is -1.55. The molecule has 82 valence electrons. The van der Waals surface area contributed by atoms with E-state index in [2.05, 4.69) is 0 Å². The summed E-state index contributed by atoms with van der Waals surface area (Å²) in [4.78, 5) is 10.8. The van der Waals surface area contributed by atoms with E-state index in [-0.39, 0.29) is 6.61 Å². The smallest absolute Gasteiger partial charge is 0.405 e. The van der Waals surface area contributed by atoms with Gasteiger partial charge in [-0.3, -0.25) is 0 Å². The molecule has 1 atom stereocenters. The fraction of sp³-hybridized carbons (Fsp3) is 0.364. The van der Waals surface area contributed by atoms with E-state index >= 15 is 0 Å². The largest absolute Gasteiger partial charge is 0.436 e. The normalized spacial score (nSPS) is 14.3.